The molecule has 5 rings (SSSR count). The number of nitriles is 1. The summed E-state index contributed by atoms with van der Waals surface area (Å²) >= 11 is 0. The third-order valence-electron chi connectivity index (χ3n) is 5.93. The summed E-state index contributed by atoms with van der Waals surface area (Å²) in [5.74, 6) is -1.16. The number of likely N-dealkylation sites (tertiary alicyclic amines) is 1. The van der Waals surface area contributed by atoms with Gasteiger partial charge in [0.25, 0.3) is 0 Å². The number of aromatic amines is 1. The Morgan fingerprint density at radius 1 is 1.31 bits per heavy atom. The minimum Gasteiger partial charge on any atom is -0.346 e. The summed E-state index contributed by atoms with van der Waals surface area (Å²) in [4.78, 5) is 9.53. The van der Waals surface area contributed by atoms with Gasteiger partial charge in [-0.15, -0.1) is 5.10 Å². The summed E-state index contributed by atoms with van der Waals surface area (Å²) in [6, 6.07) is 3.78. The van der Waals surface area contributed by atoms with Gasteiger partial charge in [-0.3, -0.25) is 0 Å². The lowest BCUT2D eigenvalue weighted by Gasteiger charge is -2.34. The van der Waals surface area contributed by atoms with Crippen LogP contribution >= 0.6 is 0 Å². The van der Waals surface area contributed by atoms with Gasteiger partial charge >= 0.3 is 0 Å². The van der Waals surface area contributed by atoms with Crippen molar-refractivity contribution in [2.75, 3.05) is 19.6 Å². The molecule has 1 fully saturated rings. The van der Waals surface area contributed by atoms with Crippen LogP contribution in [-0.2, 0) is 0 Å². The molecule has 29 heavy (non-hydrogen) atoms. The predicted molar refractivity (Wildman–Crippen MR) is 102 cm³/mol. The number of H-pyrrole nitrogens is 1. The van der Waals surface area contributed by atoms with Gasteiger partial charge in [-0.2, -0.15) is 5.26 Å². The van der Waals surface area contributed by atoms with Gasteiger partial charge in [-0.25, -0.2) is 18.3 Å². The zero-order valence-electron chi connectivity index (χ0n) is 15.6. The number of allylic oxidation sites excluding steroid dienone is 3. The number of aromatic nitrogens is 5. The molecule has 1 aliphatic carbocycles. The molecular formula is C20H19F2N7. The molecule has 7 nitrogen and oxygen atoms in total. The van der Waals surface area contributed by atoms with Gasteiger partial charge in [0.1, 0.15) is 29.5 Å². The van der Waals surface area contributed by atoms with Crippen molar-refractivity contribution >= 4 is 16.6 Å². The molecule has 0 radical (unpaired) electrons. The largest absolute Gasteiger partial charge is 0.346 e. The Morgan fingerprint density at radius 2 is 2.14 bits per heavy atom. The van der Waals surface area contributed by atoms with Gasteiger partial charge in [-0.05, 0) is 44.1 Å². The highest BCUT2D eigenvalue weighted by atomic mass is 19.1. The minimum atomic E-state index is -1.47. The van der Waals surface area contributed by atoms with E-state index in [0.717, 1.165) is 54.3 Å². The minimum absolute atomic E-state index is 0.0506. The van der Waals surface area contributed by atoms with Crippen LogP contribution < -0.4 is 0 Å². The maximum absolute atomic E-state index is 14.3. The van der Waals surface area contributed by atoms with Crippen molar-refractivity contribution in [1.82, 2.24) is 29.7 Å². The molecule has 0 saturated carbocycles. The van der Waals surface area contributed by atoms with Crippen molar-refractivity contribution in [1.29, 1.82) is 5.26 Å². The second-order valence-corrected chi connectivity index (χ2v) is 7.64. The van der Waals surface area contributed by atoms with Crippen molar-refractivity contribution in [2.45, 2.75) is 24.9 Å². The third kappa shape index (κ3) is 3.09. The van der Waals surface area contributed by atoms with Crippen LogP contribution in [0.1, 0.15) is 24.5 Å². The number of fused-ring (bicyclic) bond motifs is 3. The highest BCUT2D eigenvalue weighted by Crippen LogP contribution is 2.34. The number of piperidine rings is 1. The van der Waals surface area contributed by atoms with Crippen LogP contribution in [0.2, 0.25) is 0 Å². The first-order valence-electron chi connectivity index (χ1n) is 9.66. The number of hydrogen-bond donors (Lipinski definition) is 1. The Kier molecular flexibility index (Phi) is 4.36. The maximum Gasteiger partial charge on any atom is 0.141 e. The van der Waals surface area contributed by atoms with Crippen LogP contribution in [0.3, 0.4) is 0 Å². The number of rotatable bonds is 3. The van der Waals surface area contributed by atoms with E-state index in [1.54, 1.807) is 16.9 Å². The summed E-state index contributed by atoms with van der Waals surface area (Å²) in [7, 11) is 0. The third-order valence-corrected chi connectivity index (χ3v) is 5.93. The number of alkyl halides is 1. The SMILES string of the molecule is N#CC1=CC(F)C(CN2CCC(c3nnn4cnc5[nH]ccc5c34)CC2)C(F)=C1. The second-order valence-electron chi connectivity index (χ2n) is 7.64. The van der Waals surface area contributed by atoms with Crippen molar-refractivity contribution in [3.8, 4) is 6.07 Å². The Labute approximate surface area is 165 Å². The zero-order chi connectivity index (χ0) is 20.0. The van der Waals surface area contributed by atoms with Crippen molar-refractivity contribution in [2.24, 2.45) is 5.92 Å². The fourth-order valence-corrected chi connectivity index (χ4v) is 4.36. The fraction of sp³-hybridized carbons (Fsp3) is 0.400. The molecule has 148 valence electrons. The van der Waals surface area contributed by atoms with Gasteiger partial charge in [0.15, 0.2) is 0 Å². The van der Waals surface area contributed by atoms with Crippen LogP contribution in [0.15, 0.2) is 42.1 Å². The summed E-state index contributed by atoms with van der Waals surface area (Å²) in [5.41, 5.74) is 2.77. The fourth-order valence-electron chi connectivity index (χ4n) is 4.36. The van der Waals surface area contributed by atoms with Gasteiger partial charge in [0.05, 0.1) is 23.3 Å². The molecule has 0 amide bonds. The van der Waals surface area contributed by atoms with Crippen LogP contribution in [0.4, 0.5) is 8.78 Å². The Morgan fingerprint density at radius 3 is 2.90 bits per heavy atom. The molecule has 0 spiro atoms. The molecular weight excluding hydrogens is 376 g/mol. The van der Waals surface area contributed by atoms with Crippen molar-refractivity contribution < 1.29 is 8.78 Å². The summed E-state index contributed by atoms with van der Waals surface area (Å²) < 4.78 is 30.3. The zero-order valence-corrected chi connectivity index (χ0v) is 15.6. The van der Waals surface area contributed by atoms with Crippen LogP contribution in [0.25, 0.3) is 16.6 Å². The molecule has 3 aromatic rings. The van der Waals surface area contributed by atoms with E-state index in [0.29, 0.717) is 6.54 Å². The summed E-state index contributed by atoms with van der Waals surface area (Å²) in [6.45, 7) is 1.77. The smallest absolute Gasteiger partial charge is 0.141 e. The van der Waals surface area contributed by atoms with Gasteiger partial charge < -0.3 is 9.88 Å². The molecule has 0 bridgehead atoms. The molecule has 2 unspecified atom stereocenters. The van der Waals surface area contributed by atoms with E-state index < -0.39 is 17.9 Å². The Bertz CT molecular complexity index is 1160. The maximum atomic E-state index is 14.3. The molecule has 1 N–H and O–H groups in total. The number of nitrogens with zero attached hydrogens (tertiary/aromatic N) is 6. The monoisotopic (exact) mass is 395 g/mol. The molecule has 0 aromatic carbocycles. The van der Waals surface area contributed by atoms with Crippen molar-refractivity contribution in [3.05, 3.63) is 47.8 Å². The molecule has 1 saturated heterocycles. The quantitative estimate of drug-likeness (QED) is 0.737. The van der Waals surface area contributed by atoms with Gasteiger partial charge in [0.2, 0.25) is 0 Å². The average Bonchev–Trinajstić information content (AvgIpc) is 3.37. The van der Waals surface area contributed by atoms with Crippen LogP contribution in [0.5, 0.6) is 0 Å². The van der Waals surface area contributed by atoms with E-state index in [1.807, 2.05) is 12.3 Å². The van der Waals surface area contributed by atoms with Crippen LogP contribution in [-0.4, -0.2) is 55.5 Å². The van der Waals surface area contributed by atoms with E-state index in [2.05, 4.69) is 25.2 Å². The summed E-state index contributed by atoms with van der Waals surface area (Å²) in [5, 5.41) is 18.5. The lowest BCUT2D eigenvalue weighted by molar-refractivity contribution is 0.151. The first kappa shape index (κ1) is 17.9. The molecule has 2 aliphatic rings. The second kappa shape index (κ2) is 7.04. The number of hydrogen-bond acceptors (Lipinski definition) is 5. The van der Waals surface area contributed by atoms with E-state index in [1.165, 1.54) is 6.08 Å². The molecule has 2 atom stereocenters. The normalized spacial score (nSPS) is 23.9. The summed E-state index contributed by atoms with van der Waals surface area (Å²) in [6.07, 6.45) is 6.08. The topological polar surface area (TPSA) is 85.9 Å². The van der Waals surface area contributed by atoms with E-state index in [9.17, 15) is 8.78 Å². The van der Waals surface area contributed by atoms with E-state index in [4.69, 9.17) is 5.26 Å². The lowest BCUT2D eigenvalue weighted by Crippen LogP contribution is -2.39. The first-order valence-corrected chi connectivity index (χ1v) is 9.66. The average molecular weight is 395 g/mol. The van der Waals surface area contributed by atoms with E-state index >= 15 is 0 Å². The first-order chi connectivity index (χ1) is 14.1. The van der Waals surface area contributed by atoms with Gasteiger partial charge in [-0.1, -0.05) is 5.21 Å². The van der Waals surface area contributed by atoms with Crippen molar-refractivity contribution in [3.63, 3.8) is 0 Å². The predicted octanol–water partition coefficient (Wildman–Crippen LogP) is 3.06. The molecule has 3 aromatic heterocycles. The Hall–Kier alpha value is -3.12. The molecule has 1 aliphatic heterocycles. The molecule has 4 heterocycles. The van der Waals surface area contributed by atoms with E-state index in [-0.39, 0.29) is 11.5 Å². The lowest BCUT2D eigenvalue weighted by atomic mass is 9.89. The Balaban J connectivity index is 1.30. The standard InChI is InChI=1S/C20H19F2N7/c21-16-7-12(9-23)8-17(22)15(16)10-28-5-2-13(3-6-28)18-19-14-1-4-24-20(14)25-11-29(19)27-26-18/h1,4,7-8,11,13,15-16,24H,2-3,5-6,10H2. The van der Waals surface area contributed by atoms with Gasteiger partial charge in [0, 0.05) is 24.0 Å². The number of nitrogens with one attached hydrogen (secondary N) is 1. The molecule has 9 heteroatoms. The number of halogens is 2. The van der Waals surface area contributed by atoms with Crippen LogP contribution in [0, 0.1) is 17.2 Å². The highest BCUT2D eigenvalue weighted by molar-refractivity contribution is 5.92. The highest BCUT2D eigenvalue weighted by Gasteiger charge is 2.32.